The Labute approximate surface area is 154 Å². The molecule has 4 rings (SSSR count). The number of aromatic nitrogens is 2. The minimum Gasteiger partial charge on any atom is -0.319 e. The number of alkyl halides is 3. The highest BCUT2D eigenvalue weighted by Crippen LogP contribution is 2.41. The van der Waals surface area contributed by atoms with E-state index < -0.39 is 17.8 Å². The molecule has 1 aromatic heterocycles. The molecule has 1 aromatic carbocycles. The fourth-order valence-corrected chi connectivity index (χ4v) is 3.29. The number of amides is 1. The lowest BCUT2D eigenvalue weighted by Gasteiger charge is -2.08. The number of halogens is 3. The van der Waals surface area contributed by atoms with Crippen LogP contribution in [0.15, 0.2) is 30.5 Å². The van der Waals surface area contributed by atoms with E-state index in [1.807, 2.05) is 12.1 Å². The van der Waals surface area contributed by atoms with Crippen LogP contribution in [0.5, 0.6) is 0 Å². The largest absolute Gasteiger partial charge is 0.437 e. The van der Waals surface area contributed by atoms with E-state index in [0.29, 0.717) is 17.5 Å². The van der Waals surface area contributed by atoms with E-state index in [1.54, 1.807) is 12.1 Å². The van der Waals surface area contributed by atoms with Crippen molar-refractivity contribution in [1.29, 1.82) is 0 Å². The number of hydrogen-bond acceptors (Lipinski definition) is 3. The lowest BCUT2D eigenvalue weighted by molar-refractivity contribution is -0.140. The Morgan fingerprint density at radius 1 is 1.26 bits per heavy atom. The summed E-state index contributed by atoms with van der Waals surface area (Å²) < 4.78 is 40.0. The van der Waals surface area contributed by atoms with Gasteiger partial charge in [-0.25, -0.2) is 0 Å². The number of aryl methyl sites for hydroxylation is 1. The Morgan fingerprint density at radius 2 is 1.96 bits per heavy atom. The van der Waals surface area contributed by atoms with Gasteiger partial charge in [-0.2, -0.15) is 18.3 Å². The van der Waals surface area contributed by atoms with Gasteiger partial charge in [-0.05, 0) is 49.4 Å². The Bertz CT molecular complexity index is 840. The fourth-order valence-electron chi connectivity index (χ4n) is 3.29. The van der Waals surface area contributed by atoms with Crippen LogP contribution >= 0.6 is 0 Å². The highest BCUT2D eigenvalue weighted by atomic mass is 19.4. The second-order valence-electron chi connectivity index (χ2n) is 7.44. The van der Waals surface area contributed by atoms with Crippen LogP contribution in [-0.2, 0) is 13.2 Å². The van der Waals surface area contributed by atoms with Gasteiger partial charge in [0.1, 0.15) is 0 Å². The SMILES string of the molecule is Cn1cc(NC(=O)c2ccc(C3CC3NCC3CC3)cc2)c(C(F)(F)F)n1. The van der Waals surface area contributed by atoms with Gasteiger partial charge >= 0.3 is 6.18 Å². The van der Waals surface area contributed by atoms with Crippen molar-refractivity contribution >= 4 is 11.6 Å². The topological polar surface area (TPSA) is 59.0 Å². The van der Waals surface area contributed by atoms with Gasteiger partial charge in [-0.15, -0.1) is 0 Å². The highest BCUT2D eigenvalue weighted by Gasteiger charge is 2.39. The summed E-state index contributed by atoms with van der Waals surface area (Å²) in [6.07, 6.45) is 0.253. The first kappa shape index (κ1) is 18.0. The summed E-state index contributed by atoms with van der Waals surface area (Å²) in [7, 11) is 1.38. The molecule has 1 amide bonds. The molecule has 0 radical (unpaired) electrons. The van der Waals surface area contributed by atoms with Crippen molar-refractivity contribution < 1.29 is 18.0 Å². The summed E-state index contributed by atoms with van der Waals surface area (Å²) in [6.45, 7) is 1.08. The summed E-state index contributed by atoms with van der Waals surface area (Å²) in [5, 5.41) is 9.26. The summed E-state index contributed by atoms with van der Waals surface area (Å²) in [5.74, 6) is 0.710. The molecular formula is C19H21F3N4O. The van der Waals surface area contributed by atoms with E-state index in [1.165, 1.54) is 19.9 Å². The third-order valence-electron chi connectivity index (χ3n) is 5.10. The lowest BCUT2D eigenvalue weighted by atomic mass is 10.1. The predicted octanol–water partition coefficient (Wildman–Crippen LogP) is 3.55. The molecule has 0 spiro atoms. The van der Waals surface area contributed by atoms with E-state index in [9.17, 15) is 18.0 Å². The predicted molar refractivity (Wildman–Crippen MR) is 94.5 cm³/mol. The third-order valence-corrected chi connectivity index (χ3v) is 5.10. The number of carbonyl (C=O) groups excluding carboxylic acids is 1. The zero-order valence-electron chi connectivity index (χ0n) is 14.9. The van der Waals surface area contributed by atoms with E-state index in [2.05, 4.69) is 15.7 Å². The van der Waals surface area contributed by atoms with Gasteiger partial charge in [0.05, 0.1) is 5.69 Å². The van der Waals surface area contributed by atoms with Crippen LogP contribution in [0.1, 0.15) is 46.8 Å². The molecule has 2 N–H and O–H groups in total. The molecule has 0 aliphatic heterocycles. The Kier molecular flexibility index (Phi) is 4.46. The van der Waals surface area contributed by atoms with Crippen molar-refractivity contribution in [2.45, 2.75) is 37.4 Å². The van der Waals surface area contributed by atoms with Gasteiger partial charge in [-0.3, -0.25) is 9.48 Å². The van der Waals surface area contributed by atoms with Crippen LogP contribution in [0.3, 0.4) is 0 Å². The maximum Gasteiger partial charge on any atom is 0.437 e. The quantitative estimate of drug-likeness (QED) is 0.808. The molecule has 2 fully saturated rings. The molecule has 5 nitrogen and oxygen atoms in total. The molecular weight excluding hydrogens is 357 g/mol. The first-order valence-corrected chi connectivity index (χ1v) is 9.07. The van der Waals surface area contributed by atoms with Crippen molar-refractivity contribution in [3.8, 4) is 0 Å². The van der Waals surface area contributed by atoms with Crippen LogP contribution in [0.25, 0.3) is 0 Å². The minimum atomic E-state index is -4.62. The third kappa shape index (κ3) is 4.16. The maximum atomic E-state index is 13.0. The van der Waals surface area contributed by atoms with E-state index in [4.69, 9.17) is 0 Å². The van der Waals surface area contributed by atoms with Gasteiger partial charge < -0.3 is 10.6 Å². The number of carbonyl (C=O) groups is 1. The number of nitrogens with one attached hydrogen (secondary N) is 2. The molecule has 1 heterocycles. The van der Waals surface area contributed by atoms with Crippen molar-refractivity contribution in [2.24, 2.45) is 13.0 Å². The van der Waals surface area contributed by atoms with E-state index in [-0.39, 0.29) is 5.69 Å². The summed E-state index contributed by atoms with van der Waals surface area (Å²) in [4.78, 5) is 12.3. The monoisotopic (exact) mass is 378 g/mol. The summed E-state index contributed by atoms with van der Waals surface area (Å²) in [5.41, 5.74) is 0.0270. The minimum absolute atomic E-state index is 0.318. The van der Waals surface area contributed by atoms with Crippen LogP contribution in [-0.4, -0.2) is 28.3 Å². The smallest absolute Gasteiger partial charge is 0.319 e. The number of anilines is 1. The van der Waals surface area contributed by atoms with Crippen LogP contribution in [0, 0.1) is 5.92 Å². The fraction of sp³-hybridized carbons (Fsp3) is 0.474. The average molecular weight is 378 g/mol. The zero-order valence-corrected chi connectivity index (χ0v) is 14.9. The number of benzene rings is 1. The second-order valence-corrected chi connectivity index (χ2v) is 7.44. The Hall–Kier alpha value is -2.35. The molecule has 2 atom stereocenters. The molecule has 2 aromatic rings. The molecule has 2 saturated carbocycles. The van der Waals surface area contributed by atoms with E-state index in [0.717, 1.165) is 35.3 Å². The molecule has 27 heavy (non-hydrogen) atoms. The normalized spacial score (nSPS) is 21.9. The van der Waals surface area contributed by atoms with Crippen molar-refractivity contribution in [2.75, 3.05) is 11.9 Å². The molecule has 2 unspecified atom stereocenters. The first-order chi connectivity index (χ1) is 12.8. The summed E-state index contributed by atoms with van der Waals surface area (Å²) in [6, 6.07) is 7.57. The van der Waals surface area contributed by atoms with Gasteiger partial charge in [0.2, 0.25) is 0 Å². The van der Waals surface area contributed by atoms with Crippen LogP contribution < -0.4 is 10.6 Å². The molecule has 0 bridgehead atoms. The summed E-state index contributed by atoms with van der Waals surface area (Å²) >= 11 is 0. The Morgan fingerprint density at radius 3 is 2.59 bits per heavy atom. The van der Waals surface area contributed by atoms with Crippen molar-refractivity contribution in [3.05, 3.63) is 47.3 Å². The van der Waals surface area contributed by atoms with Crippen LogP contribution in [0.4, 0.5) is 18.9 Å². The molecule has 2 aliphatic carbocycles. The zero-order chi connectivity index (χ0) is 19.2. The molecule has 144 valence electrons. The standard InChI is InChI=1S/C19H21F3N4O/c1-26-10-16(17(25-26)19(20,21)22)24-18(27)13-6-4-12(5-7-13)14-8-15(14)23-9-11-2-3-11/h4-7,10-11,14-15,23H,2-3,8-9H2,1H3,(H,24,27). The number of hydrogen-bond donors (Lipinski definition) is 2. The second kappa shape index (κ2) is 6.67. The lowest BCUT2D eigenvalue weighted by Crippen LogP contribution is -2.20. The number of nitrogens with zero attached hydrogens (tertiary/aromatic N) is 2. The van der Waals surface area contributed by atoms with Gasteiger partial charge in [0.25, 0.3) is 5.91 Å². The van der Waals surface area contributed by atoms with Crippen molar-refractivity contribution in [3.63, 3.8) is 0 Å². The number of rotatable bonds is 6. The van der Waals surface area contributed by atoms with Gasteiger partial charge in [-0.1, -0.05) is 12.1 Å². The van der Waals surface area contributed by atoms with E-state index >= 15 is 0 Å². The Balaban J connectivity index is 1.38. The molecule has 2 aliphatic rings. The molecule has 8 heteroatoms. The highest BCUT2D eigenvalue weighted by molar-refractivity contribution is 6.04. The van der Waals surface area contributed by atoms with Crippen molar-refractivity contribution in [1.82, 2.24) is 15.1 Å². The maximum absolute atomic E-state index is 13.0. The van der Waals surface area contributed by atoms with Crippen LogP contribution in [0.2, 0.25) is 0 Å². The molecule has 0 saturated heterocycles. The van der Waals surface area contributed by atoms with Gasteiger partial charge in [0, 0.05) is 30.8 Å². The first-order valence-electron chi connectivity index (χ1n) is 9.07. The van der Waals surface area contributed by atoms with Gasteiger partial charge in [0.15, 0.2) is 5.69 Å². The average Bonchev–Trinajstić information content (AvgIpc) is 3.51.